The lowest BCUT2D eigenvalue weighted by atomic mass is 10.0. The van der Waals surface area contributed by atoms with Crippen molar-refractivity contribution in [2.24, 2.45) is 0 Å². The Labute approximate surface area is 99.7 Å². The second-order valence-corrected chi connectivity index (χ2v) is 4.09. The van der Waals surface area contributed by atoms with Crippen molar-refractivity contribution >= 4 is 23.2 Å². The van der Waals surface area contributed by atoms with Crippen LogP contribution in [0.4, 0.5) is 0 Å². The van der Waals surface area contributed by atoms with Crippen LogP contribution in [0.3, 0.4) is 0 Å². The number of ether oxygens (including phenoxy) is 4. The van der Waals surface area contributed by atoms with Crippen LogP contribution in [-0.2, 0) is 18.9 Å². The Morgan fingerprint density at radius 2 is 1.67 bits per heavy atom. The first kappa shape index (κ1) is 13.5. The van der Waals surface area contributed by atoms with E-state index in [9.17, 15) is 0 Å². The fraction of sp³-hybridized carbons (Fsp3) is 1.00. The van der Waals surface area contributed by atoms with E-state index in [1.807, 2.05) is 0 Å². The third-order valence-electron chi connectivity index (χ3n) is 2.50. The molecule has 0 radical (unpaired) electrons. The summed E-state index contributed by atoms with van der Waals surface area (Å²) in [6, 6.07) is 0. The van der Waals surface area contributed by atoms with Crippen LogP contribution < -0.4 is 0 Å². The van der Waals surface area contributed by atoms with Crippen molar-refractivity contribution in [3.8, 4) is 0 Å². The molecule has 15 heavy (non-hydrogen) atoms. The second-order valence-electron chi connectivity index (χ2n) is 3.28. The van der Waals surface area contributed by atoms with E-state index in [0.29, 0.717) is 5.88 Å². The van der Waals surface area contributed by atoms with Crippen LogP contribution in [0, 0.1) is 0 Å². The molecule has 0 aromatic rings. The normalized spacial score (nSPS) is 41.8. The van der Waals surface area contributed by atoms with E-state index in [1.54, 1.807) is 21.3 Å². The van der Waals surface area contributed by atoms with Crippen molar-refractivity contribution in [1.29, 1.82) is 0 Å². The third kappa shape index (κ3) is 2.75. The molecule has 1 aliphatic heterocycles. The monoisotopic (exact) mass is 258 g/mol. The van der Waals surface area contributed by atoms with Gasteiger partial charge in [0, 0.05) is 21.3 Å². The fourth-order valence-electron chi connectivity index (χ4n) is 1.69. The Bertz CT molecular complexity index is 193. The number of hydrogen-bond donors (Lipinski definition) is 0. The first-order chi connectivity index (χ1) is 7.19. The van der Waals surface area contributed by atoms with E-state index >= 15 is 0 Å². The van der Waals surface area contributed by atoms with Crippen LogP contribution >= 0.6 is 23.2 Å². The van der Waals surface area contributed by atoms with Gasteiger partial charge in [-0.15, -0.1) is 23.2 Å². The lowest BCUT2D eigenvalue weighted by molar-refractivity contribution is -0.261. The van der Waals surface area contributed by atoms with Crippen LogP contribution in [0.1, 0.15) is 0 Å². The van der Waals surface area contributed by atoms with Gasteiger partial charge in [0.2, 0.25) is 0 Å². The Kier molecular flexibility index (Phi) is 5.60. The zero-order chi connectivity index (χ0) is 11.4. The maximum Gasteiger partial charge on any atom is 0.186 e. The number of alkyl halides is 2. The van der Waals surface area contributed by atoms with Crippen LogP contribution in [0.5, 0.6) is 0 Å². The zero-order valence-electron chi connectivity index (χ0n) is 8.98. The van der Waals surface area contributed by atoms with Gasteiger partial charge in [-0.05, 0) is 0 Å². The Morgan fingerprint density at radius 1 is 1.07 bits per heavy atom. The molecule has 0 aliphatic carbocycles. The molecule has 0 saturated carbocycles. The van der Waals surface area contributed by atoms with Gasteiger partial charge in [0.15, 0.2) is 6.29 Å². The van der Waals surface area contributed by atoms with Gasteiger partial charge in [-0.3, -0.25) is 0 Å². The van der Waals surface area contributed by atoms with Crippen LogP contribution in [0.15, 0.2) is 0 Å². The molecule has 1 aliphatic rings. The molecule has 0 N–H and O–H groups in total. The summed E-state index contributed by atoms with van der Waals surface area (Å²) in [6.45, 7) is 0. The summed E-state index contributed by atoms with van der Waals surface area (Å²) in [5.74, 6) is 0.296. The molecule has 0 aromatic carbocycles. The zero-order valence-corrected chi connectivity index (χ0v) is 10.5. The highest BCUT2D eigenvalue weighted by molar-refractivity contribution is 6.23. The molecule has 5 unspecified atom stereocenters. The predicted molar refractivity (Wildman–Crippen MR) is 57.6 cm³/mol. The first-order valence-corrected chi connectivity index (χ1v) is 5.60. The molecular weight excluding hydrogens is 243 g/mol. The quantitative estimate of drug-likeness (QED) is 0.712. The number of hydrogen-bond acceptors (Lipinski definition) is 4. The first-order valence-electron chi connectivity index (χ1n) is 4.63. The van der Waals surface area contributed by atoms with Crippen molar-refractivity contribution in [2.45, 2.75) is 30.0 Å². The van der Waals surface area contributed by atoms with Crippen molar-refractivity contribution in [3.05, 3.63) is 0 Å². The predicted octanol–water partition coefficient (Wildman–Crippen LogP) is 1.23. The number of halogens is 2. The summed E-state index contributed by atoms with van der Waals surface area (Å²) in [4.78, 5) is 0. The molecule has 0 amide bonds. The van der Waals surface area contributed by atoms with Crippen LogP contribution in [0.2, 0.25) is 0 Å². The molecule has 6 heteroatoms. The molecule has 4 nitrogen and oxygen atoms in total. The average molecular weight is 259 g/mol. The smallest absolute Gasteiger partial charge is 0.186 e. The summed E-state index contributed by atoms with van der Waals surface area (Å²) in [6.07, 6.45) is -1.44. The van der Waals surface area contributed by atoms with Gasteiger partial charge in [0.1, 0.15) is 12.2 Å². The minimum atomic E-state index is -0.501. The van der Waals surface area contributed by atoms with E-state index in [2.05, 4.69) is 0 Å². The van der Waals surface area contributed by atoms with E-state index in [0.717, 1.165) is 0 Å². The standard InChI is InChI=1S/C9H16Cl2O4/c1-12-7-6(11)5(4-10)15-9(14-3)8(7)13-2/h5-9H,4H2,1-3H3. The molecule has 0 bridgehead atoms. The van der Waals surface area contributed by atoms with Gasteiger partial charge in [0.25, 0.3) is 0 Å². The van der Waals surface area contributed by atoms with Gasteiger partial charge in [-0.2, -0.15) is 0 Å². The molecule has 1 heterocycles. The van der Waals surface area contributed by atoms with E-state index in [-0.39, 0.29) is 23.7 Å². The maximum absolute atomic E-state index is 6.17. The Hall–Kier alpha value is 0.420. The fourth-order valence-corrected chi connectivity index (χ4v) is 2.44. The molecule has 5 atom stereocenters. The van der Waals surface area contributed by atoms with Gasteiger partial charge in [-0.1, -0.05) is 0 Å². The lowest BCUT2D eigenvalue weighted by Crippen LogP contribution is -2.57. The Balaban J connectivity index is 2.78. The summed E-state index contributed by atoms with van der Waals surface area (Å²) in [5, 5.41) is -0.344. The average Bonchev–Trinajstić information content (AvgIpc) is 2.28. The van der Waals surface area contributed by atoms with Gasteiger partial charge >= 0.3 is 0 Å². The van der Waals surface area contributed by atoms with Crippen molar-refractivity contribution in [3.63, 3.8) is 0 Å². The van der Waals surface area contributed by atoms with E-state index < -0.39 is 6.29 Å². The van der Waals surface area contributed by atoms with Crippen LogP contribution in [0.25, 0.3) is 0 Å². The van der Waals surface area contributed by atoms with Gasteiger partial charge < -0.3 is 18.9 Å². The number of rotatable bonds is 4. The molecule has 90 valence electrons. The number of methoxy groups -OCH3 is 3. The van der Waals surface area contributed by atoms with Gasteiger partial charge in [0.05, 0.1) is 17.4 Å². The molecule has 1 rings (SSSR count). The third-order valence-corrected chi connectivity index (χ3v) is 3.33. The molecular formula is C9H16Cl2O4. The maximum atomic E-state index is 6.17. The molecule has 0 aromatic heterocycles. The minimum absolute atomic E-state index is 0.292. The largest absolute Gasteiger partial charge is 0.377 e. The Morgan fingerprint density at radius 3 is 2.07 bits per heavy atom. The lowest BCUT2D eigenvalue weighted by Gasteiger charge is -2.42. The highest BCUT2D eigenvalue weighted by atomic mass is 35.5. The van der Waals surface area contributed by atoms with Crippen molar-refractivity contribution in [1.82, 2.24) is 0 Å². The van der Waals surface area contributed by atoms with Crippen molar-refractivity contribution < 1.29 is 18.9 Å². The summed E-state index contributed by atoms with van der Waals surface area (Å²) < 4.78 is 21.3. The SMILES string of the molecule is COC1OC(CCl)C(Cl)C(OC)C1OC. The minimum Gasteiger partial charge on any atom is -0.377 e. The summed E-state index contributed by atoms with van der Waals surface area (Å²) >= 11 is 11.9. The highest BCUT2D eigenvalue weighted by Crippen LogP contribution is 2.29. The van der Waals surface area contributed by atoms with Crippen molar-refractivity contribution in [2.75, 3.05) is 27.2 Å². The van der Waals surface area contributed by atoms with E-state index in [4.69, 9.17) is 42.1 Å². The van der Waals surface area contributed by atoms with Gasteiger partial charge in [-0.25, -0.2) is 0 Å². The molecule has 1 fully saturated rings. The highest BCUT2D eigenvalue weighted by Gasteiger charge is 2.45. The summed E-state index contributed by atoms with van der Waals surface area (Å²) in [7, 11) is 4.69. The molecule has 0 spiro atoms. The topological polar surface area (TPSA) is 36.9 Å². The summed E-state index contributed by atoms with van der Waals surface area (Å²) in [5.41, 5.74) is 0. The second kappa shape index (κ2) is 6.23. The van der Waals surface area contributed by atoms with Crippen LogP contribution in [-0.4, -0.2) is 57.2 Å². The van der Waals surface area contributed by atoms with E-state index in [1.165, 1.54) is 0 Å². The molecule has 1 saturated heterocycles.